The van der Waals surface area contributed by atoms with E-state index in [4.69, 9.17) is 10.5 Å². The van der Waals surface area contributed by atoms with Crippen molar-refractivity contribution < 1.29 is 13.9 Å². The molecule has 0 aliphatic rings. The summed E-state index contributed by atoms with van der Waals surface area (Å²) in [5.74, 6) is -0.800. The minimum absolute atomic E-state index is 0.268. The lowest BCUT2D eigenvalue weighted by Gasteiger charge is -2.11. The standard InChI is InChI=1S/C17H16FN3O2/c1-23-17(22)13(19)10-14-16(11-5-7-12(18)8-6-11)20-15-4-2-3-9-21(14)15/h2-9,13H,10,19H2,1H3. The largest absolute Gasteiger partial charge is 0.468 e. The van der Waals surface area contributed by atoms with Gasteiger partial charge in [-0.2, -0.15) is 0 Å². The van der Waals surface area contributed by atoms with Crippen molar-refractivity contribution in [2.45, 2.75) is 12.5 Å². The zero-order valence-corrected chi connectivity index (χ0v) is 12.6. The van der Waals surface area contributed by atoms with Crippen LogP contribution in [-0.4, -0.2) is 28.5 Å². The first-order valence-electron chi connectivity index (χ1n) is 7.15. The van der Waals surface area contributed by atoms with E-state index in [2.05, 4.69) is 4.98 Å². The number of rotatable bonds is 4. The Labute approximate surface area is 132 Å². The first-order chi connectivity index (χ1) is 11.1. The van der Waals surface area contributed by atoms with E-state index >= 15 is 0 Å². The second-order valence-corrected chi connectivity index (χ2v) is 5.18. The van der Waals surface area contributed by atoms with E-state index in [1.165, 1.54) is 19.2 Å². The number of fused-ring (bicyclic) bond motifs is 1. The minimum Gasteiger partial charge on any atom is -0.468 e. The van der Waals surface area contributed by atoms with Crippen molar-refractivity contribution in [1.82, 2.24) is 9.38 Å². The fraction of sp³-hybridized carbons (Fsp3) is 0.176. The summed E-state index contributed by atoms with van der Waals surface area (Å²) in [6.07, 6.45) is 2.12. The van der Waals surface area contributed by atoms with Gasteiger partial charge in [0.25, 0.3) is 0 Å². The number of benzene rings is 1. The number of pyridine rings is 1. The smallest absolute Gasteiger partial charge is 0.323 e. The average Bonchev–Trinajstić information content (AvgIpc) is 2.93. The summed E-state index contributed by atoms with van der Waals surface area (Å²) in [5, 5.41) is 0. The third-order valence-corrected chi connectivity index (χ3v) is 3.66. The molecule has 3 aromatic rings. The molecule has 0 radical (unpaired) electrons. The number of nitrogens with two attached hydrogens (primary N) is 1. The number of carbonyl (C=O) groups is 1. The molecule has 1 atom stereocenters. The van der Waals surface area contributed by atoms with Crippen LogP contribution in [0.25, 0.3) is 16.9 Å². The summed E-state index contributed by atoms with van der Waals surface area (Å²) >= 11 is 0. The van der Waals surface area contributed by atoms with Gasteiger partial charge in [-0.25, -0.2) is 9.37 Å². The zero-order chi connectivity index (χ0) is 16.4. The van der Waals surface area contributed by atoms with Gasteiger partial charge < -0.3 is 14.9 Å². The van der Waals surface area contributed by atoms with Gasteiger partial charge in [0.1, 0.15) is 17.5 Å². The second-order valence-electron chi connectivity index (χ2n) is 5.18. The Morgan fingerprint density at radius 2 is 2.04 bits per heavy atom. The van der Waals surface area contributed by atoms with E-state index in [1.807, 2.05) is 28.8 Å². The number of halogens is 1. The van der Waals surface area contributed by atoms with Crippen molar-refractivity contribution in [3.8, 4) is 11.3 Å². The summed E-state index contributed by atoms with van der Waals surface area (Å²) in [7, 11) is 1.30. The summed E-state index contributed by atoms with van der Waals surface area (Å²) in [4.78, 5) is 16.2. The third-order valence-electron chi connectivity index (χ3n) is 3.66. The van der Waals surface area contributed by atoms with Gasteiger partial charge in [-0.1, -0.05) is 6.07 Å². The van der Waals surface area contributed by atoms with E-state index in [0.717, 1.165) is 16.9 Å². The van der Waals surface area contributed by atoms with E-state index in [-0.39, 0.29) is 12.2 Å². The molecule has 3 rings (SSSR count). The third kappa shape index (κ3) is 2.93. The van der Waals surface area contributed by atoms with Crippen LogP contribution in [0.1, 0.15) is 5.69 Å². The Morgan fingerprint density at radius 3 is 2.74 bits per heavy atom. The number of methoxy groups -OCH3 is 1. The number of carbonyl (C=O) groups excluding carboxylic acids is 1. The summed E-state index contributed by atoms with van der Waals surface area (Å²) in [6.45, 7) is 0. The highest BCUT2D eigenvalue weighted by atomic mass is 19.1. The maximum Gasteiger partial charge on any atom is 0.323 e. The lowest BCUT2D eigenvalue weighted by molar-refractivity contribution is -0.142. The SMILES string of the molecule is COC(=O)C(N)Cc1c(-c2ccc(F)cc2)nc2ccccn12. The molecule has 0 saturated carbocycles. The fourth-order valence-corrected chi connectivity index (χ4v) is 2.52. The van der Waals surface area contributed by atoms with Crippen LogP contribution < -0.4 is 5.73 Å². The van der Waals surface area contributed by atoms with Gasteiger partial charge >= 0.3 is 5.97 Å². The van der Waals surface area contributed by atoms with E-state index in [1.54, 1.807) is 12.1 Å². The van der Waals surface area contributed by atoms with Crippen LogP contribution >= 0.6 is 0 Å². The highest BCUT2D eigenvalue weighted by Gasteiger charge is 2.21. The zero-order valence-electron chi connectivity index (χ0n) is 12.6. The predicted molar refractivity (Wildman–Crippen MR) is 84.3 cm³/mol. The molecule has 2 N–H and O–H groups in total. The van der Waals surface area contributed by atoms with Gasteiger partial charge in [0.2, 0.25) is 0 Å². The maximum absolute atomic E-state index is 13.2. The van der Waals surface area contributed by atoms with Gasteiger partial charge in [-0.15, -0.1) is 0 Å². The molecule has 1 unspecified atom stereocenters. The van der Waals surface area contributed by atoms with Crippen LogP contribution in [0, 0.1) is 5.82 Å². The summed E-state index contributed by atoms with van der Waals surface area (Å²) in [6, 6.07) is 10.9. The molecule has 0 amide bonds. The average molecular weight is 313 g/mol. The molecule has 0 aliphatic heterocycles. The van der Waals surface area contributed by atoms with Gasteiger partial charge in [0.15, 0.2) is 0 Å². The van der Waals surface area contributed by atoms with Crippen molar-refractivity contribution in [3.05, 3.63) is 60.2 Å². The molecule has 23 heavy (non-hydrogen) atoms. The maximum atomic E-state index is 13.2. The normalized spacial score (nSPS) is 12.3. The van der Waals surface area contributed by atoms with Gasteiger partial charge in [-0.05, 0) is 36.4 Å². The monoisotopic (exact) mass is 313 g/mol. The molecule has 118 valence electrons. The van der Waals surface area contributed by atoms with Crippen molar-refractivity contribution in [2.24, 2.45) is 5.73 Å². The van der Waals surface area contributed by atoms with Crippen LogP contribution in [0.4, 0.5) is 4.39 Å². The number of aromatic nitrogens is 2. The summed E-state index contributed by atoms with van der Waals surface area (Å²) in [5.41, 5.74) is 8.87. The Balaban J connectivity index is 2.11. The minimum atomic E-state index is -0.792. The Bertz CT molecular complexity index is 843. The second kappa shape index (κ2) is 6.18. The Hall–Kier alpha value is -2.73. The number of imidazole rings is 1. The highest BCUT2D eigenvalue weighted by Crippen LogP contribution is 2.25. The van der Waals surface area contributed by atoms with Gasteiger partial charge in [-0.3, -0.25) is 4.79 Å². The molecule has 0 fully saturated rings. The number of esters is 1. The van der Waals surface area contributed by atoms with Crippen molar-refractivity contribution in [3.63, 3.8) is 0 Å². The van der Waals surface area contributed by atoms with Crippen LogP contribution in [0.2, 0.25) is 0 Å². The molecule has 6 heteroatoms. The number of ether oxygens (including phenoxy) is 1. The van der Waals surface area contributed by atoms with Gasteiger partial charge in [0.05, 0.1) is 18.5 Å². The molecule has 0 bridgehead atoms. The molecular formula is C17H16FN3O2. The number of nitrogens with zero attached hydrogens (tertiary/aromatic N) is 2. The number of hydrogen-bond donors (Lipinski definition) is 1. The van der Waals surface area contributed by atoms with Crippen LogP contribution in [0.3, 0.4) is 0 Å². The molecule has 0 saturated heterocycles. The first-order valence-corrected chi connectivity index (χ1v) is 7.15. The molecule has 0 spiro atoms. The van der Waals surface area contributed by atoms with Crippen LogP contribution in [-0.2, 0) is 16.0 Å². The molecule has 0 aliphatic carbocycles. The number of hydrogen-bond acceptors (Lipinski definition) is 4. The van der Waals surface area contributed by atoms with Crippen LogP contribution in [0.15, 0.2) is 48.7 Å². The fourth-order valence-electron chi connectivity index (χ4n) is 2.52. The molecule has 1 aromatic carbocycles. The lowest BCUT2D eigenvalue weighted by atomic mass is 10.1. The molecular weight excluding hydrogens is 297 g/mol. The molecule has 5 nitrogen and oxygen atoms in total. The molecule has 2 aromatic heterocycles. The Morgan fingerprint density at radius 1 is 1.30 bits per heavy atom. The van der Waals surface area contributed by atoms with E-state index in [9.17, 15) is 9.18 Å². The first kappa shape index (κ1) is 15.2. The van der Waals surface area contributed by atoms with E-state index in [0.29, 0.717) is 5.69 Å². The van der Waals surface area contributed by atoms with Gasteiger partial charge in [0, 0.05) is 18.2 Å². The highest BCUT2D eigenvalue weighted by molar-refractivity contribution is 5.76. The van der Waals surface area contributed by atoms with E-state index < -0.39 is 12.0 Å². The van der Waals surface area contributed by atoms with Crippen LogP contribution in [0.5, 0.6) is 0 Å². The lowest BCUT2D eigenvalue weighted by Crippen LogP contribution is -2.34. The van der Waals surface area contributed by atoms with Crippen molar-refractivity contribution in [2.75, 3.05) is 7.11 Å². The quantitative estimate of drug-likeness (QED) is 0.750. The predicted octanol–water partition coefficient (Wildman–Crippen LogP) is 2.18. The Kier molecular flexibility index (Phi) is 4.08. The molecule has 2 heterocycles. The topological polar surface area (TPSA) is 69.6 Å². The summed E-state index contributed by atoms with van der Waals surface area (Å²) < 4.78 is 19.7. The van der Waals surface area contributed by atoms with Crippen molar-refractivity contribution >= 4 is 11.6 Å². The van der Waals surface area contributed by atoms with Crippen molar-refractivity contribution in [1.29, 1.82) is 0 Å².